The zero-order valence-electron chi connectivity index (χ0n) is 14.9. The molecule has 3 heterocycles. The van der Waals surface area contributed by atoms with Crippen molar-refractivity contribution in [3.8, 4) is 11.1 Å². The SMILES string of the molecule is COC(=O)C1CCC(c2cc(N)n3ncc(-c4cnn(C)c4)c3n2)CC1. The van der Waals surface area contributed by atoms with Crippen LogP contribution >= 0.6 is 0 Å². The maximum atomic E-state index is 11.7. The number of nitrogen functional groups attached to an aromatic ring is 1. The van der Waals surface area contributed by atoms with E-state index in [1.54, 1.807) is 21.6 Å². The summed E-state index contributed by atoms with van der Waals surface area (Å²) in [6, 6.07) is 1.90. The second-order valence-electron chi connectivity index (χ2n) is 6.87. The summed E-state index contributed by atoms with van der Waals surface area (Å²) in [4.78, 5) is 16.6. The van der Waals surface area contributed by atoms with Crippen LogP contribution in [-0.2, 0) is 16.6 Å². The molecule has 0 amide bonds. The van der Waals surface area contributed by atoms with Crippen LogP contribution in [0.4, 0.5) is 5.82 Å². The second kappa shape index (κ2) is 6.44. The Morgan fingerprint density at radius 3 is 2.65 bits per heavy atom. The van der Waals surface area contributed by atoms with E-state index in [-0.39, 0.29) is 11.9 Å². The first-order chi connectivity index (χ1) is 12.6. The Labute approximate surface area is 151 Å². The van der Waals surface area contributed by atoms with Gasteiger partial charge in [-0.2, -0.15) is 14.7 Å². The molecule has 136 valence electrons. The number of anilines is 1. The van der Waals surface area contributed by atoms with Gasteiger partial charge in [0.25, 0.3) is 0 Å². The molecule has 1 aliphatic carbocycles. The van der Waals surface area contributed by atoms with Crippen LogP contribution < -0.4 is 5.73 Å². The van der Waals surface area contributed by atoms with Crippen molar-refractivity contribution in [3.05, 3.63) is 30.4 Å². The van der Waals surface area contributed by atoms with E-state index in [1.165, 1.54) is 7.11 Å². The molecule has 26 heavy (non-hydrogen) atoms. The van der Waals surface area contributed by atoms with Crippen molar-refractivity contribution in [2.24, 2.45) is 13.0 Å². The molecule has 1 saturated carbocycles. The third kappa shape index (κ3) is 2.81. The minimum Gasteiger partial charge on any atom is -0.469 e. The molecule has 1 aliphatic rings. The summed E-state index contributed by atoms with van der Waals surface area (Å²) in [7, 11) is 3.33. The van der Waals surface area contributed by atoms with E-state index in [2.05, 4.69) is 10.2 Å². The number of carbonyl (C=O) groups excluding carboxylic acids is 1. The number of ether oxygens (including phenoxy) is 1. The molecule has 0 unspecified atom stereocenters. The van der Waals surface area contributed by atoms with Gasteiger partial charge in [-0.3, -0.25) is 9.48 Å². The van der Waals surface area contributed by atoms with Crippen molar-refractivity contribution in [3.63, 3.8) is 0 Å². The van der Waals surface area contributed by atoms with Gasteiger partial charge in [0.1, 0.15) is 5.82 Å². The van der Waals surface area contributed by atoms with Crippen molar-refractivity contribution in [1.82, 2.24) is 24.4 Å². The first-order valence-corrected chi connectivity index (χ1v) is 8.78. The van der Waals surface area contributed by atoms with Gasteiger partial charge in [-0.1, -0.05) is 0 Å². The summed E-state index contributed by atoms with van der Waals surface area (Å²) in [6.07, 6.45) is 8.94. The Balaban J connectivity index is 1.66. The standard InChI is InChI=1S/C18H22N6O2/c1-23-10-13(8-20-23)14-9-21-24-16(19)7-15(22-17(14)24)11-3-5-12(6-4-11)18(25)26-2/h7-12H,3-6,19H2,1-2H3. The van der Waals surface area contributed by atoms with Crippen molar-refractivity contribution >= 4 is 17.4 Å². The fraction of sp³-hybridized carbons (Fsp3) is 0.444. The van der Waals surface area contributed by atoms with Crippen LogP contribution in [0.5, 0.6) is 0 Å². The quantitative estimate of drug-likeness (QED) is 0.724. The highest BCUT2D eigenvalue weighted by atomic mass is 16.5. The molecular formula is C18H22N6O2. The number of aromatic nitrogens is 5. The molecule has 0 aliphatic heterocycles. The lowest BCUT2D eigenvalue weighted by Crippen LogP contribution is -2.22. The predicted octanol–water partition coefficient (Wildman–Crippen LogP) is 2.16. The topological polar surface area (TPSA) is 100 Å². The average molecular weight is 354 g/mol. The first kappa shape index (κ1) is 16.6. The molecule has 0 radical (unpaired) electrons. The Morgan fingerprint density at radius 1 is 1.23 bits per heavy atom. The fourth-order valence-electron chi connectivity index (χ4n) is 3.77. The molecule has 0 spiro atoms. The first-order valence-electron chi connectivity index (χ1n) is 8.78. The third-order valence-corrected chi connectivity index (χ3v) is 5.22. The summed E-state index contributed by atoms with van der Waals surface area (Å²) in [5, 5.41) is 8.59. The Morgan fingerprint density at radius 2 is 2.00 bits per heavy atom. The van der Waals surface area contributed by atoms with Crippen LogP contribution in [0, 0.1) is 5.92 Å². The van der Waals surface area contributed by atoms with Gasteiger partial charge < -0.3 is 10.5 Å². The van der Waals surface area contributed by atoms with Gasteiger partial charge in [-0.25, -0.2) is 4.98 Å². The lowest BCUT2D eigenvalue weighted by molar-refractivity contribution is -0.146. The van der Waals surface area contributed by atoms with Crippen LogP contribution in [0.15, 0.2) is 24.7 Å². The minimum absolute atomic E-state index is 0.00162. The third-order valence-electron chi connectivity index (χ3n) is 5.22. The molecule has 0 aromatic carbocycles. The van der Waals surface area contributed by atoms with Crippen molar-refractivity contribution in [2.45, 2.75) is 31.6 Å². The van der Waals surface area contributed by atoms with Gasteiger partial charge in [-0.05, 0) is 25.7 Å². The Bertz CT molecular complexity index is 952. The van der Waals surface area contributed by atoms with Crippen LogP contribution in [-0.4, -0.2) is 37.5 Å². The number of hydrogen-bond donors (Lipinski definition) is 1. The number of methoxy groups -OCH3 is 1. The lowest BCUT2D eigenvalue weighted by Gasteiger charge is -2.26. The number of esters is 1. The lowest BCUT2D eigenvalue weighted by atomic mass is 9.80. The number of hydrogen-bond acceptors (Lipinski definition) is 6. The maximum Gasteiger partial charge on any atom is 0.308 e. The van der Waals surface area contributed by atoms with E-state index < -0.39 is 0 Å². The van der Waals surface area contributed by atoms with Gasteiger partial charge in [0, 0.05) is 42.0 Å². The van der Waals surface area contributed by atoms with Gasteiger partial charge >= 0.3 is 5.97 Å². The molecule has 3 aromatic rings. The number of aryl methyl sites for hydroxylation is 1. The van der Waals surface area contributed by atoms with Crippen LogP contribution in [0.3, 0.4) is 0 Å². The molecule has 4 rings (SSSR count). The molecule has 3 aromatic heterocycles. The molecule has 0 atom stereocenters. The van der Waals surface area contributed by atoms with E-state index in [4.69, 9.17) is 15.5 Å². The number of nitrogens with two attached hydrogens (primary N) is 1. The molecule has 8 heteroatoms. The zero-order valence-corrected chi connectivity index (χ0v) is 14.9. The second-order valence-corrected chi connectivity index (χ2v) is 6.87. The number of nitrogens with zero attached hydrogens (tertiary/aromatic N) is 5. The average Bonchev–Trinajstić information content (AvgIpc) is 3.27. The molecule has 8 nitrogen and oxygen atoms in total. The molecular weight excluding hydrogens is 332 g/mol. The number of fused-ring (bicyclic) bond motifs is 1. The number of rotatable bonds is 3. The summed E-state index contributed by atoms with van der Waals surface area (Å²) < 4.78 is 8.28. The summed E-state index contributed by atoms with van der Waals surface area (Å²) in [5.74, 6) is 0.745. The van der Waals surface area contributed by atoms with Crippen LogP contribution in [0.25, 0.3) is 16.8 Å². The van der Waals surface area contributed by atoms with Gasteiger partial charge in [0.05, 0.1) is 25.4 Å². The van der Waals surface area contributed by atoms with E-state index in [0.29, 0.717) is 11.7 Å². The van der Waals surface area contributed by atoms with E-state index in [0.717, 1.165) is 48.2 Å². The van der Waals surface area contributed by atoms with Gasteiger partial charge in [-0.15, -0.1) is 0 Å². The smallest absolute Gasteiger partial charge is 0.308 e. The summed E-state index contributed by atoms with van der Waals surface area (Å²) in [5.41, 5.74) is 9.80. The van der Waals surface area contributed by atoms with Crippen molar-refractivity contribution in [1.29, 1.82) is 0 Å². The number of carbonyl (C=O) groups is 1. The Hall–Kier alpha value is -2.90. The van der Waals surface area contributed by atoms with Crippen LogP contribution in [0.1, 0.15) is 37.3 Å². The molecule has 2 N–H and O–H groups in total. The fourth-order valence-corrected chi connectivity index (χ4v) is 3.77. The molecule has 0 bridgehead atoms. The normalized spacial score (nSPS) is 20.4. The molecule has 0 saturated heterocycles. The monoisotopic (exact) mass is 354 g/mol. The van der Waals surface area contributed by atoms with Crippen LogP contribution in [0.2, 0.25) is 0 Å². The highest BCUT2D eigenvalue weighted by molar-refractivity contribution is 5.77. The highest BCUT2D eigenvalue weighted by Crippen LogP contribution is 2.37. The highest BCUT2D eigenvalue weighted by Gasteiger charge is 2.29. The van der Waals surface area contributed by atoms with Gasteiger partial charge in [0.15, 0.2) is 5.65 Å². The van der Waals surface area contributed by atoms with Crippen molar-refractivity contribution < 1.29 is 9.53 Å². The zero-order chi connectivity index (χ0) is 18.3. The van der Waals surface area contributed by atoms with E-state index in [9.17, 15) is 4.79 Å². The maximum absolute atomic E-state index is 11.7. The predicted molar refractivity (Wildman–Crippen MR) is 96.3 cm³/mol. The summed E-state index contributed by atoms with van der Waals surface area (Å²) in [6.45, 7) is 0. The largest absolute Gasteiger partial charge is 0.469 e. The van der Waals surface area contributed by atoms with Gasteiger partial charge in [0.2, 0.25) is 0 Å². The summed E-state index contributed by atoms with van der Waals surface area (Å²) >= 11 is 0. The molecule has 1 fully saturated rings. The van der Waals surface area contributed by atoms with E-state index in [1.807, 2.05) is 19.3 Å². The van der Waals surface area contributed by atoms with E-state index >= 15 is 0 Å². The Kier molecular flexibility index (Phi) is 4.10. The minimum atomic E-state index is -0.110. The van der Waals surface area contributed by atoms with Crippen molar-refractivity contribution in [2.75, 3.05) is 12.8 Å².